The van der Waals surface area contributed by atoms with Gasteiger partial charge in [0.15, 0.2) is 0 Å². The molecule has 4 rings (SSSR count). The molecule has 0 saturated heterocycles. The van der Waals surface area contributed by atoms with Gasteiger partial charge in [-0.15, -0.1) is 0 Å². The molecule has 0 fully saturated rings. The molecule has 142 valence electrons. The summed E-state index contributed by atoms with van der Waals surface area (Å²) >= 11 is 0. The molecule has 0 bridgehead atoms. The predicted molar refractivity (Wildman–Crippen MR) is 95.0 cm³/mol. The van der Waals surface area contributed by atoms with Crippen molar-refractivity contribution in [3.05, 3.63) is 70.9 Å². The quantitative estimate of drug-likeness (QED) is 0.705. The summed E-state index contributed by atoms with van der Waals surface area (Å²) in [5, 5.41) is 9.99. The second-order valence-corrected chi connectivity index (χ2v) is 6.46. The van der Waals surface area contributed by atoms with Crippen molar-refractivity contribution in [2.24, 2.45) is 0 Å². The molecule has 1 aliphatic rings. The van der Waals surface area contributed by atoms with Crippen molar-refractivity contribution in [2.45, 2.75) is 13.0 Å². The molecule has 0 saturated carbocycles. The van der Waals surface area contributed by atoms with Gasteiger partial charge in [-0.25, -0.2) is 8.78 Å². The van der Waals surface area contributed by atoms with Gasteiger partial charge < -0.3 is 9.67 Å². The van der Waals surface area contributed by atoms with E-state index >= 15 is 0 Å². The Labute approximate surface area is 157 Å². The molecule has 1 aliphatic heterocycles. The average molecular weight is 384 g/mol. The standard InChI is InChI=1S/C20H14F2N2O4/c21-11-5-6-14(15(22)9-11)19(27)23-8-7-13-12-3-1-2-4-16(12)24(10-17(25)26)18(13)20(23)28/h1-6,9H,7-8,10H2,(H,25,26). The highest BCUT2D eigenvalue weighted by Crippen LogP contribution is 2.31. The number of carbonyl (C=O) groups excluding carboxylic acids is 2. The molecule has 1 N–H and O–H groups in total. The summed E-state index contributed by atoms with van der Waals surface area (Å²) in [7, 11) is 0. The van der Waals surface area contributed by atoms with Crippen LogP contribution in [0.15, 0.2) is 42.5 Å². The van der Waals surface area contributed by atoms with Crippen molar-refractivity contribution in [1.82, 2.24) is 9.47 Å². The van der Waals surface area contributed by atoms with Crippen LogP contribution in [0.2, 0.25) is 0 Å². The Hall–Kier alpha value is -3.55. The zero-order chi connectivity index (χ0) is 20.0. The van der Waals surface area contributed by atoms with Crippen LogP contribution in [0.5, 0.6) is 0 Å². The molecule has 8 heteroatoms. The number of nitrogens with zero attached hydrogens (tertiary/aromatic N) is 2. The van der Waals surface area contributed by atoms with Gasteiger partial charge in [-0.05, 0) is 30.2 Å². The highest BCUT2D eigenvalue weighted by molar-refractivity contribution is 6.13. The number of carbonyl (C=O) groups is 3. The highest BCUT2D eigenvalue weighted by Gasteiger charge is 2.35. The van der Waals surface area contributed by atoms with Gasteiger partial charge in [0, 0.05) is 23.5 Å². The zero-order valence-corrected chi connectivity index (χ0v) is 14.5. The summed E-state index contributed by atoms with van der Waals surface area (Å²) in [5.74, 6) is -4.62. The van der Waals surface area contributed by atoms with Crippen molar-refractivity contribution >= 4 is 28.7 Å². The minimum Gasteiger partial charge on any atom is -0.480 e. The maximum absolute atomic E-state index is 14.0. The van der Waals surface area contributed by atoms with E-state index in [0.717, 1.165) is 22.4 Å². The molecule has 0 aliphatic carbocycles. The van der Waals surface area contributed by atoms with Crippen LogP contribution in [0.4, 0.5) is 8.78 Å². The molecule has 0 atom stereocenters. The van der Waals surface area contributed by atoms with Crippen LogP contribution in [0.3, 0.4) is 0 Å². The monoisotopic (exact) mass is 384 g/mol. The molecule has 2 amide bonds. The van der Waals surface area contributed by atoms with E-state index in [-0.39, 0.29) is 12.2 Å². The van der Waals surface area contributed by atoms with Crippen LogP contribution < -0.4 is 0 Å². The molecule has 0 unspecified atom stereocenters. The number of fused-ring (bicyclic) bond motifs is 3. The normalized spacial score (nSPS) is 13.6. The Bertz CT molecular complexity index is 1150. The topological polar surface area (TPSA) is 79.6 Å². The smallest absolute Gasteiger partial charge is 0.323 e. The lowest BCUT2D eigenvalue weighted by Gasteiger charge is -2.26. The van der Waals surface area contributed by atoms with E-state index in [9.17, 15) is 28.3 Å². The van der Waals surface area contributed by atoms with Crippen LogP contribution in [0, 0.1) is 11.6 Å². The number of carboxylic acid groups (broad SMARTS) is 1. The molecule has 2 aromatic carbocycles. The number of benzene rings is 2. The Kier molecular flexibility index (Phi) is 4.18. The third-order valence-electron chi connectivity index (χ3n) is 4.81. The third kappa shape index (κ3) is 2.74. The van der Waals surface area contributed by atoms with Gasteiger partial charge in [-0.1, -0.05) is 18.2 Å². The first-order valence-electron chi connectivity index (χ1n) is 8.51. The molecule has 6 nitrogen and oxygen atoms in total. The Morgan fingerprint density at radius 3 is 2.57 bits per heavy atom. The van der Waals surface area contributed by atoms with Crippen LogP contribution in [-0.4, -0.2) is 38.9 Å². The minimum atomic E-state index is -1.13. The number of imide groups is 1. The van der Waals surface area contributed by atoms with Crippen LogP contribution in [-0.2, 0) is 17.8 Å². The summed E-state index contributed by atoms with van der Waals surface area (Å²) < 4.78 is 28.5. The van der Waals surface area contributed by atoms with Gasteiger partial charge in [0.25, 0.3) is 11.8 Å². The van der Waals surface area contributed by atoms with Crippen molar-refractivity contribution in [1.29, 1.82) is 0 Å². The molecular formula is C20H14F2N2O4. The number of halogens is 2. The lowest BCUT2D eigenvalue weighted by Crippen LogP contribution is -2.43. The van der Waals surface area contributed by atoms with E-state index in [1.807, 2.05) is 0 Å². The number of amides is 2. The van der Waals surface area contributed by atoms with Gasteiger partial charge in [0.05, 0.1) is 5.56 Å². The fourth-order valence-corrected chi connectivity index (χ4v) is 3.63. The SMILES string of the molecule is O=C(O)Cn1c2c(c3ccccc31)CCN(C(=O)c1ccc(F)cc1F)C2=O. The van der Waals surface area contributed by atoms with E-state index in [1.54, 1.807) is 24.3 Å². The van der Waals surface area contributed by atoms with Gasteiger partial charge in [-0.3, -0.25) is 19.3 Å². The number of aliphatic carboxylic acids is 1. The summed E-state index contributed by atoms with van der Waals surface area (Å²) in [4.78, 5) is 38.0. The molecule has 2 heterocycles. The van der Waals surface area contributed by atoms with Gasteiger partial charge in [-0.2, -0.15) is 0 Å². The van der Waals surface area contributed by atoms with Crippen LogP contribution >= 0.6 is 0 Å². The largest absolute Gasteiger partial charge is 0.480 e. The maximum Gasteiger partial charge on any atom is 0.323 e. The first-order valence-corrected chi connectivity index (χ1v) is 8.51. The molecule has 28 heavy (non-hydrogen) atoms. The first kappa shape index (κ1) is 17.8. The Morgan fingerprint density at radius 2 is 1.86 bits per heavy atom. The van der Waals surface area contributed by atoms with Crippen molar-refractivity contribution in [2.75, 3.05) is 6.54 Å². The molecule has 1 aromatic heterocycles. The van der Waals surface area contributed by atoms with Crippen LogP contribution in [0.1, 0.15) is 26.4 Å². The van der Waals surface area contributed by atoms with Gasteiger partial charge >= 0.3 is 5.97 Å². The average Bonchev–Trinajstić information content (AvgIpc) is 2.96. The van der Waals surface area contributed by atoms with E-state index in [2.05, 4.69) is 0 Å². The zero-order valence-electron chi connectivity index (χ0n) is 14.5. The van der Waals surface area contributed by atoms with Crippen molar-refractivity contribution in [3.8, 4) is 0 Å². The van der Waals surface area contributed by atoms with Gasteiger partial charge in [0.2, 0.25) is 0 Å². The highest BCUT2D eigenvalue weighted by atomic mass is 19.1. The molecular weight excluding hydrogens is 370 g/mol. The summed E-state index contributed by atoms with van der Waals surface area (Å²) in [6.45, 7) is -0.433. The number of hydrogen-bond acceptors (Lipinski definition) is 3. The first-order chi connectivity index (χ1) is 13.4. The number of aromatic nitrogens is 1. The third-order valence-corrected chi connectivity index (χ3v) is 4.81. The number of para-hydroxylation sites is 1. The summed E-state index contributed by atoms with van der Waals surface area (Å²) in [5.41, 5.74) is 0.917. The fraction of sp³-hybridized carbons (Fsp3) is 0.150. The van der Waals surface area contributed by atoms with E-state index in [4.69, 9.17) is 0 Å². The van der Waals surface area contributed by atoms with E-state index in [0.29, 0.717) is 23.6 Å². The number of carboxylic acids is 1. The van der Waals surface area contributed by atoms with Crippen molar-refractivity contribution < 1.29 is 28.3 Å². The van der Waals surface area contributed by atoms with Crippen molar-refractivity contribution in [3.63, 3.8) is 0 Å². The minimum absolute atomic E-state index is 0.0164. The predicted octanol–water partition coefficient (Wildman–Crippen LogP) is 2.84. The number of hydrogen-bond donors (Lipinski definition) is 1. The molecule has 0 radical (unpaired) electrons. The molecule has 3 aromatic rings. The summed E-state index contributed by atoms with van der Waals surface area (Å²) in [6.07, 6.45) is 0.308. The summed E-state index contributed by atoms with van der Waals surface area (Å²) in [6, 6.07) is 9.51. The second-order valence-electron chi connectivity index (χ2n) is 6.46. The lowest BCUT2D eigenvalue weighted by molar-refractivity contribution is -0.137. The lowest BCUT2D eigenvalue weighted by atomic mass is 10.0. The Morgan fingerprint density at radius 1 is 1.11 bits per heavy atom. The Balaban J connectivity index is 1.81. The van der Waals surface area contributed by atoms with E-state index in [1.165, 1.54) is 4.57 Å². The van der Waals surface area contributed by atoms with Crippen LogP contribution in [0.25, 0.3) is 10.9 Å². The van der Waals surface area contributed by atoms with Gasteiger partial charge in [0.1, 0.15) is 23.9 Å². The number of rotatable bonds is 3. The maximum atomic E-state index is 14.0. The fourth-order valence-electron chi connectivity index (χ4n) is 3.63. The second kappa shape index (κ2) is 6.56. The van der Waals surface area contributed by atoms with E-state index < -0.39 is 41.5 Å². The molecule has 0 spiro atoms.